The van der Waals surface area contributed by atoms with E-state index in [1.165, 1.54) is 71.0 Å². The lowest BCUT2D eigenvalue weighted by Crippen LogP contribution is -2.50. The van der Waals surface area contributed by atoms with Gasteiger partial charge in [-0.05, 0) is 86.4 Å². The molecule has 158 valence electrons. The highest BCUT2D eigenvalue weighted by Gasteiger charge is 2.33. The molecule has 0 fully saturated rings. The van der Waals surface area contributed by atoms with E-state index >= 15 is 0 Å². The normalized spacial score (nSPS) is 13.4. The van der Waals surface area contributed by atoms with Crippen molar-refractivity contribution >= 4 is 9.76 Å². The lowest BCUT2D eigenvalue weighted by molar-refractivity contribution is 0.0739. The molecule has 0 N–H and O–H groups in total. The van der Waals surface area contributed by atoms with Gasteiger partial charge in [0.2, 0.25) is 0 Å². The van der Waals surface area contributed by atoms with E-state index in [0.717, 1.165) is 0 Å². The van der Waals surface area contributed by atoms with Crippen molar-refractivity contribution in [2.24, 2.45) is 5.41 Å². The van der Waals surface area contributed by atoms with Gasteiger partial charge >= 0.3 is 0 Å². The minimum atomic E-state index is -0.408. The molecule has 0 bridgehead atoms. The number of hydrogen-bond acceptors (Lipinski definition) is 4. The largest absolute Gasteiger partial charge is 0.422 e. The lowest BCUT2D eigenvalue weighted by Gasteiger charge is -2.42. The smallest absolute Gasteiger partial charge is 0.161 e. The van der Waals surface area contributed by atoms with Crippen LogP contribution in [-0.2, 0) is 4.43 Å². The van der Waals surface area contributed by atoms with E-state index < -0.39 is 9.76 Å². The molecule has 0 saturated heterocycles. The second kappa shape index (κ2) is 15.0. The number of rotatable bonds is 17. The Kier molecular flexibility index (Phi) is 15.1. The highest BCUT2D eigenvalue weighted by Crippen LogP contribution is 2.28. The van der Waals surface area contributed by atoms with Crippen LogP contribution in [0.25, 0.3) is 0 Å². The molecule has 0 spiro atoms. The summed E-state index contributed by atoms with van der Waals surface area (Å²) in [5.41, 5.74) is 0.338. The quantitative estimate of drug-likeness (QED) is 0.281. The molecule has 4 nitrogen and oxygen atoms in total. The first-order valence-electron chi connectivity index (χ1n) is 11.0. The molecule has 0 aliphatic rings. The third kappa shape index (κ3) is 12.4. The third-order valence-electron chi connectivity index (χ3n) is 4.93. The summed E-state index contributed by atoms with van der Waals surface area (Å²) >= 11 is 0. The van der Waals surface area contributed by atoms with Gasteiger partial charge in [-0.1, -0.05) is 20.8 Å². The first-order chi connectivity index (χ1) is 12.3. The molecule has 0 heterocycles. The van der Waals surface area contributed by atoms with Crippen molar-refractivity contribution in [1.82, 2.24) is 14.7 Å². The molecule has 0 aliphatic heterocycles. The van der Waals surface area contributed by atoms with Crippen LogP contribution in [0, 0.1) is 5.41 Å². The van der Waals surface area contributed by atoms with Gasteiger partial charge in [0.15, 0.2) is 9.76 Å². The first kappa shape index (κ1) is 26.1. The summed E-state index contributed by atoms with van der Waals surface area (Å²) in [6, 6.07) is 1.29. The summed E-state index contributed by atoms with van der Waals surface area (Å²) in [4.78, 5) is 7.68. The van der Waals surface area contributed by atoms with Crippen LogP contribution < -0.4 is 0 Å². The van der Waals surface area contributed by atoms with Gasteiger partial charge in [0.1, 0.15) is 0 Å². The molecular formula is C21H49N3OSi. The minimum Gasteiger partial charge on any atom is -0.422 e. The van der Waals surface area contributed by atoms with Gasteiger partial charge < -0.3 is 19.1 Å². The zero-order valence-electron chi connectivity index (χ0n) is 19.3. The topological polar surface area (TPSA) is 19.0 Å². The van der Waals surface area contributed by atoms with Crippen LogP contribution >= 0.6 is 0 Å². The van der Waals surface area contributed by atoms with E-state index in [-0.39, 0.29) is 0 Å². The van der Waals surface area contributed by atoms with Crippen LogP contribution in [0.15, 0.2) is 0 Å². The molecule has 5 heteroatoms. The van der Waals surface area contributed by atoms with E-state index in [1.54, 1.807) is 0 Å². The van der Waals surface area contributed by atoms with Crippen molar-refractivity contribution in [3.05, 3.63) is 0 Å². The molecule has 26 heavy (non-hydrogen) atoms. The predicted molar refractivity (Wildman–Crippen MR) is 120 cm³/mol. The summed E-state index contributed by atoms with van der Waals surface area (Å²) in [7, 11) is 6.51. The van der Waals surface area contributed by atoms with E-state index in [2.05, 4.69) is 70.5 Å². The van der Waals surface area contributed by atoms with Gasteiger partial charge in [0, 0.05) is 31.2 Å². The average molecular weight is 388 g/mol. The van der Waals surface area contributed by atoms with Crippen molar-refractivity contribution in [2.45, 2.75) is 72.5 Å². The van der Waals surface area contributed by atoms with Gasteiger partial charge in [0.25, 0.3) is 0 Å². The Bertz CT molecular complexity index is 292. The maximum atomic E-state index is 5.99. The molecule has 0 rings (SSSR count). The fraction of sp³-hybridized carbons (Fsp3) is 1.00. The van der Waals surface area contributed by atoms with Gasteiger partial charge in [-0.15, -0.1) is 0 Å². The highest BCUT2D eigenvalue weighted by molar-refractivity contribution is 6.27. The van der Waals surface area contributed by atoms with E-state index in [9.17, 15) is 0 Å². The Morgan fingerprint density at radius 2 is 1.15 bits per heavy atom. The Hall–Kier alpha value is 0.0569. The summed E-state index contributed by atoms with van der Waals surface area (Å²) in [5.74, 6) is 0. The minimum absolute atomic E-state index is 0.338. The fourth-order valence-electron chi connectivity index (χ4n) is 4.25. The van der Waals surface area contributed by atoms with Crippen molar-refractivity contribution in [3.63, 3.8) is 0 Å². The van der Waals surface area contributed by atoms with Gasteiger partial charge in [0.05, 0.1) is 0 Å². The van der Waals surface area contributed by atoms with Crippen LogP contribution in [0.4, 0.5) is 0 Å². The first-order valence-corrected chi connectivity index (χ1v) is 12.5. The van der Waals surface area contributed by atoms with E-state index in [1.807, 2.05) is 0 Å². The second-order valence-electron chi connectivity index (χ2n) is 8.74. The standard InChI is InChI=1S/C21H49N3OSi/c1-9-13-22(6)17-21(18-23(7)14-10-2,19-24(8)15-11-3)12-16-26-25-20(4)5/h20H,9-19,26H2,1-8H3. The monoisotopic (exact) mass is 387 g/mol. The molecule has 0 amide bonds. The van der Waals surface area contributed by atoms with E-state index in [0.29, 0.717) is 11.5 Å². The van der Waals surface area contributed by atoms with Crippen LogP contribution in [0.1, 0.15) is 60.3 Å². The number of nitrogens with zero attached hydrogens (tertiary/aromatic N) is 3. The summed E-state index contributed by atoms with van der Waals surface area (Å²) in [5, 5.41) is 0. The molecule has 0 unspecified atom stereocenters. The Labute approximate surface area is 167 Å². The number of hydrogen-bond donors (Lipinski definition) is 0. The Morgan fingerprint density at radius 1 is 0.769 bits per heavy atom. The van der Waals surface area contributed by atoms with Crippen LogP contribution in [0.2, 0.25) is 6.04 Å². The van der Waals surface area contributed by atoms with Crippen molar-refractivity contribution in [2.75, 3.05) is 60.4 Å². The molecule has 0 aromatic rings. The molecule has 0 aliphatic carbocycles. The highest BCUT2D eigenvalue weighted by atomic mass is 28.2. The van der Waals surface area contributed by atoms with Crippen LogP contribution in [-0.4, -0.2) is 91.0 Å². The fourth-order valence-corrected chi connectivity index (χ4v) is 5.79. The van der Waals surface area contributed by atoms with E-state index in [4.69, 9.17) is 4.43 Å². The van der Waals surface area contributed by atoms with Crippen LogP contribution in [0.5, 0.6) is 0 Å². The van der Waals surface area contributed by atoms with Crippen LogP contribution in [0.3, 0.4) is 0 Å². The third-order valence-corrected chi connectivity index (χ3v) is 6.48. The molecule has 0 atom stereocenters. The average Bonchev–Trinajstić information content (AvgIpc) is 2.51. The molecular weight excluding hydrogens is 338 g/mol. The second-order valence-corrected chi connectivity index (χ2v) is 10.2. The predicted octanol–water partition coefficient (Wildman–Crippen LogP) is 3.32. The van der Waals surface area contributed by atoms with Crippen molar-refractivity contribution < 1.29 is 4.43 Å². The zero-order chi connectivity index (χ0) is 20.0. The summed E-state index contributed by atoms with van der Waals surface area (Å²) in [6.45, 7) is 18.3. The maximum absolute atomic E-state index is 5.99. The molecule has 0 radical (unpaired) electrons. The molecule has 0 aromatic carbocycles. The SMILES string of the molecule is CCCN(C)CC(CC[SiH2]OC(C)C)(CN(C)CCC)CN(C)CCC. The molecule has 0 aromatic heterocycles. The summed E-state index contributed by atoms with van der Waals surface area (Å²) in [6.07, 6.45) is 5.38. The molecule has 0 saturated carbocycles. The zero-order valence-corrected chi connectivity index (χ0v) is 20.7. The van der Waals surface area contributed by atoms with Crippen molar-refractivity contribution in [1.29, 1.82) is 0 Å². The van der Waals surface area contributed by atoms with Crippen molar-refractivity contribution in [3.8, 4) is 0 Å². The maximum Gasteiger partial charge on any atom is 0.161 e. The Morgan fingerprint density at radius 3 is 1.46 bits per heavy atom. The van der Waals surface area contributed by atoms with Gasteiger partial charge in [-0.2, -0.15) is 0 Å². The lowest BCUT2D eigenvalue weighted by atomic mass is 9.82. The van der Waals surface area contributed by atoms with Gasteiger partial charge in [-0.25, -0.2) is 0 Å². The van der Waals surface area contributed by atoms with Gasteiger partial charge in [-0.3, -0.25) is 0 Å². The Balaban J connectivity index is 5.21. The summed E-state index contributed by atoms with van der Waals surface area (Å²) < 4.78 is 5.99.